The summed E-state index contributed by atoms with van der Waals surface area (Å²) >= 11 is 0. The zero-order valence-electron chi connectivity index (χ0n) is 13.9. The Morgan fingerprint density at radius 3 is 2.80 bits per heavy atom. The van der Waals surface area contributed by atoms with E-state index in [1.165, 1.54) is 25.0 Å². The first-order valence-electron chi connectivity index (χ1n) is 8.70. The van der Waals surface area contributed by atoms with Gasteiger partial charge in [0, 0.05) is 36.6 Å². The van der Waals surface area contributed by atoms with E-state index in [1.54, 1.807) is 17.0 Å². The normalized spacial score (nSPS) is 19.9. The second kappa shape index (κ2) is 6.78. The molecule has 4 rings (SSSR count). The minimum Gasteiger partial charge on any atom is -0.476 e. The molecule has 0 N–H and O–H groups in total. The van der Waals surface area contributed by atoms with E-state index in [2.05, 4.69) is 10.2 Å². The summed E-state index contributed by atoms with van der Waals surface area (Å²) in [7, 11) is 0. The molecule has 1 saturated carbocycles. The van der Waals surface area contributed by atoms with Crippen LogP contribution in [-0.4, -0.2) is 40.7 Å². The monoisotopic (exact) mass is 341 g/mol. The van der Waals surface area contributed by atoms with Gasteiger partial charge in [0.05, 0.1) is 12.3 Å². The van der Waals surface area contributed by atoms with Crippen LogP contribution in [0, 0.1) is 11.7 Å². The number of hydrogen-bond donors (Lipinski definition) is 0. The van der Waals surface area contributed by atoms with Crippen molar-refractivity contribution in [2.45, 2.75) is 25.2 Å². The van der Waals surface area contributed by atoms with Crippen LogP contribution in [0.15, 0.2) is 36.4 Å². The SMILES string of the molecule is O=C(c1cccc(F)c1)N1CCC(COc2ccc(C3CC3)nn2)C1. The lowest BCUT2D eigenvalue weighted by molar-refractivity contribution is 0.0782. The summed E-state index contributed by atoms with van der Waals surface area (Å²) in [5.74, 6) is 0.842. The number of likely N-dealkylation sites (tertiary alicyclic amines) is 1. The van der Waals surface area contributed by atoms with E-state index in [0.717, 1.165) is 12.1 Å². The van der Waals surface area contributed by atoms with Gasteiger partial charge in [-0.3, -0.25) is 4.79 Å². The predicted molar refractivity (Wildman–Crippen MR) is 89.9 cm³/mol. The minimum absolute atomic E-state index is 0.129. The smallest absolute Gasteiger partial charge is 0.253 e. The summed E-state index contributed by atoms with van der Waals surface area (Å²) in [6.07, 6.45) is 3.27. The van der Waals surface area contributed by atoms with E-state index in [9.17, 15) is 9.18 Å². The molecule has 5 nitrogen and oxygen atoms in total. The van der Waals surface area contributed by atoms with Crippen molar-refractivity contribution in [3.05, 3.63) is 53.5 Å². The van der Waals surface area contributed by atoms with Crippen LogP contribution in [0.2, 0.25) is 0 Å². The molecule has 1 saturated heterocycles. The Kier molecular flexibility index (Phi) is 4.34. The molecule has 1 aromatic heterocycles. The molecule has 0 radical (unpaired) electrons. The van der Waals surface area contributed by atoms with Crippen molar-refractivity contribution in [3.8, 4) is 5.88 Å². The maximum absolute atomic E-state index is 13.3. The zero-order chi connectivity index (χ0) is 17.2. The highest BCUT2D eigenvalue weighted by atomic mass is 19.1. The molecular weight excluding hydrogens is 321 g/mol. The molecule has 130 valence electrons. The van der Waals surface area contributed by atoms with Crippen LogP contribution in [0.1, 0.15) is 41.2 Å². The van der Waals surface area contributed by atoms with E-state index in [0.29, 0.717) is 37.1 Å². The largest absolute Gasteiger partial charge is 0.476 e. The fraction of sp³-hybridized carbons (Fsp3) is 0.421. The molecule has 1 unspecified atom stereocenters. The molecule has 1 aliphatic heterocycles. The molecule has 0 bridgehead atoms. The van der Waals surface area contributed by atoms with Gasteiger partial charge in [0.25, 0.3) is 5.91 Å². The quantitative estimate of drug-likeness (QED) is 0.839. The van der Waals surface area contributed by atoms with E-state index >= 15 is 0 Å². The molecule has 2 fully saturated rings. The van der Waals surface area contributed by atoms with E-state index in [4.69, 9.17) is 4.74 Å². The topological polar surface area (TPSA) is 55.3 Å². The molecule has 2 aliphatic rings. The molecule has 1 aromatic carbocycles. The van der Waals surface area contributed by atoms with Crippen molar-refractivity contribution in [3.63, 3.8) is 0 Å². The summed E-state index contributed by atoms with van der Waals surface area (Å²) in [5, 5.41) is 8.32. The molecule has 2 aromatic rings. The van der Waals surface area contributed by atoms with Crippen LogP contribution in [0.3, 0.4) is 0 Å². The number of ether oxygens (including phenoxy) is 1. The second-order valence-corrected chi connectivity index (χ2v) is 6.80. The van der Waals surface area contributed by atoms with Gasteiger partial charge in [0.1, 0.15) is 5.82 Å². The highest BCUT2D eigenvalue weighted by molar-refractivity contribution is 5.94. The van der Waals surface area contributed by atoms with Gasteiger partial charge in [-0.25, -0.2) is 4.39 Å². The van der Waals surface area contributed by atoms with Gasteiger partial charge in [-0.15, -0.1) is 5.10 Å². The van der Waals surface area contributed by atoms with Crippen LogP contribution in [-0.2, 0) is 0 Å². The predicted octanol–water partition coefficient (Wildman–Crippen LogP) is 3.03. The number of hydrogen-bond acceptors (Lipinski definition) is 4. The lowest BCUT2D eigenvalue weighted by Gasteiger charge is -2.17. The number of carbonyl (C=O) groups is 1. The number of nitrogens with zero attached hydrogens (tertiary/aromatic N) is 3. The average Bonchev–Trinajstić information content (AvgIpc) is 3.38. The van der Waals surface area contributed by atoms with Crippen LogP contribution in [0.5, 0.6) is 5.88 Å². The summed E-state index contributed by atoms with van der Waals surface area (Å²) in [6.45, 7) is 1.78. The standard InChI is InChI=1S/C19H20FN3O2/c20-16-3-1-2-15(10-16)19(24)23-9-8-13(11-23)12-25-18-7-6-17(21-22-18)14-4-5-14/h1-3,6-7,10,13-14H,4-5,8-9,11-12H2. The zero-order valence-corrected chi connectivity index (χ0v) is 13.9. The Bertz CT molecular complexity index is 762. The van der Waals surface area contributed by atoms with Gasteiger partial charge in [0.2, 0.25) is 5.88 Å². The maximum Gasteiger partial charge on any atom is 0.253 e. The lowest BCUT2D eigenvalue weighted by Crippen LogP contribution is -2.29. The molecule has 6 heteroatoms. The van der Waals surface area contributed by atoms with Crippen molar-refractivity contribution in [2.75, 3.05) is 19.7 Å². The van der Waals surface area contributed by atoms with Crippen LogP contribution in [0.25, 0.3) is 0 Å². The van der Waals surface area contributed by atoms with Crippen molar-refractivity contribution in [2.24, 2.45) is 5.92 Å². The molecule has 0 spiro atoms. The lowest BCUT2D eigenvalue weighted by atomic mass is 10.1. The summed E-state index contributed by atoms with van der Waals surface area (Å²) in [5.41, 5.74) is 1.43. The number of rotatable bonds is 5. The third kappa shape index (κ3) is 3.78. The Hall–Kier alpha value is -2.50. The fourth-order valence-electron chi connectivity index (χ4n) is 3.16. The molecule has 1 atom stereocenters. The third-order valence-corrected chi connectivity index (χ3v) is 4.77. The van der Waals surface area contributed by atoms with Gasteiger partial charge < -0.3 is 9.64 Å². The van der Waals surface area contributed by atoms with Gasteiger partial charge >= 0.3 is 0 Å². The van der Waals surface area contributed by atoms with Crippen LogP contribution >= 0.6 is 0 Å². The summed E-state index contributed by atoms with van der Waals surface area (Å²) < 4.78 is 19.0. The molecule has 1 amide bonds. The number of amides is 1. The van der Waals surface area contributed by atoms with E-state index < -0.39 is 5.82 Å². The highest BCUT2D eigenvalue weighted by Crippen LogP contribution is 2.38. The van der Waals surface area contributed by atoms with Gasteiger partial charge in [-0.05, 0) is 43.5 Å². The highest BCUT2D eigenvalue weighted by Gasteiger charge is 2.28. The van der Waals surface area contributed by atoms with E-state index in [-0.39, 0.29) is 11.8 Å². The maximum atomic E-state index is 13.3. The minimum atomic E-state index is -0.391. The molecular formula is C19H20FN3O2. The first-order chi connectivity index (χ1) is 12.2. The van der Waals surface area contributed by atoms with Crippen LogP contribution in [0.4, 0.5) is 4.39 Å². The summed E-state index contributed by atoms with van der Waals surface area (Å²) in [4.78, 5) is 14.2. The van der Waals surface area contributed by atoms with Crippen molar-refractivity contribution in [1.82, 2.24) is 15.1 Å². The molecule has 25 heavy (non-hydrogen) atoms. The van der Waals surface area contributed by atoms with E-state index in [1.807, 2.05) is 12.1 Å². The first kappa shape index (κ1) is 16.0. The van der Waals surface area contributed by atoms with Crippen molar-refractivity contribution in [1.29, 1.82) is 0 Å². The van der Waals surface area contributed by atoms with Gasteiger partial charge in [-0.2, -0.15) is 5.10 Å². The van der Waals surface area contributed by atoms with Crippen molar-refractivity contribution < 1.29 is 13.9 Å². The number of benzene rings is 1. The Labute approximate surface area is 145 Å². The Morgan fingerprint density at radius 2 is 2.08 bits per heavy atom. The van der Waals surface area contributed by atoms with Crippen LogP contribution < -0.4 is 4.74 Å². The average molecular weight is 341 g/mol. The van der Waals surface area contributed by atoms with Gasteiger partial charge in [-0.1, -0.05) is 6.07 Å². The van der Waals surface area contributed by atoms with Crippen molar-refractivity contribution >= 4 is 5.91 Å². The number of carbonyl (C=O) groups excluding carboxylic acids is 1. The Balaban J connectivity index is 1.29. The first-order valence-corrected chi connectivity index (χ1v) is 8.70. The van der Waals surface area contributed by atoms with Gasteiger partial charge in [0.15, 0.2) is 0 Å². The fourth-order valence-corrected chi connectivity index (χ4v) is 3.16. The number of aromatic nitrogens is 2. The Morgan fingerprint density at radius 1 is 1.20 bits per heavy atom. The molecule has 1 aliphatic carbocycles. The number of halogens is 1. The second-order valence-electron chi connectivity index (χ2n) is 6.80. The summed E-state index contributed by atoms with van der Waals surface area (Å²) in [6, 6.07) is 9.67. The molecule has 2 heterocycles. The third-order valence-electron chi connectivity index (χ3n) is 4.77.